The SMILES string of the molecule is COc1ccccc1C(=O)Cn1cccc([N+](=O)[O-])c1=O. The monoisotopic (exact) mass is 288 g/mol. The highest BCUT2D eigenvalue weighted by molar-refractivity contribution is 5.98. The molecule has 0 radical (unpaired) electrons. The molecule has 0 aliphatic rings. The summed E-state index contributed by atoms with van der Waals surface area (Å²) >= 11 is 0. The van der Waals surface area contributed by atoms with Crippen LogP contribution in [0.25, 0.3) is 0 Å². The normalized spacial score (nSPS) is 10.1. The van der Waals surface area contributed by atoms with E-state index < -0.39 is 16.2 Å². The van der Waals surface area contributed by atoms with Gasteiger partial charge in [-0.1, -0.05) is 12.1 Å². The van der Waals surface area contributed by atoms with Crippen LogP contribution in [-0.2, 0) is 6.54 Å². The highest BCUT2D eigenvalue weighted by Gasteiger charge is 2.17. The molecule has 0 amide bonds. The molecule has 7 heteroatoms. The van der Waals surface area contributed by atoms with Crippen LogP contribution < -0.4 is 10.3 Å². The fourth-order valence-electron chi connectivity index (χ4n) is 1.90. The molecule has 0 atom stereocenters. The molecule has 1 aromatic heterocycles. The third-order valence-corrected chi connectivity index (χ3v) is 2.92. The summed E-state index contributed by atoms with van der Waals surface area (Å²) in [6.07, 6.45) is 1.34. The van der Waals surface area contributed by atoms with Crippen molar-refractivity contribution in [3.8, 4) is 5.75 Å². The Morgan fingerprint density at radius 3 is 2.67 bits per heavy atom. The van der Waals surface area contributed by atoms with Gasteiger partial charge in [-0.25, -0.2) is 0 Å². The van der Waals surface area contributed by atoms with Crippen LogP contribution in [0, 0.1) is 10.1 Å². The number of aromatic nitrogens is 1. The van der Waals surface area contributed by atoms with Crippen molar-refractivity contribution in [2.24, 2.45) is 0 Å². The minimum atomic E-state index is -0.814. The Labute approximate surface area is 119 Å². The maximum Gasteiger partial charge on any atom is 0.334 e. The van der Waals surface area contributed by atoms with Crippen LogP contribution in [0.2, 0.25) is 0 Å². The van der Waals surface area contributed by atoms with Gasteiger partial charge < -0.3 is 9.30 Å². The molecule has 21 heavy (non-hydrogen) atoms. The van der Waals surface area contributed by atoms with E-state index >= 15 is 0 Å². The fourth-order valence-corrected chi connectivity index (χ4v) is 1.90. The summed E-state index contributed by atoms with van der Waals surface area (Å²) in [7, 11) is 1.44. The number of nitrogens with zero attached hydrogens (tertiary/aromatic N) is 2. The van der Waals surface area contributed by atoms with Gasteiger partial charge in [-0.3, -0.25) is 19.7 Å². The lowest BCUT2D eigenvalue weighted by molar-refractivity contribution is -0.386. The summed E-state index contributed by atoms with van der Waals surface area (Å²) < 4.78 is 6.09. The number of hydrogen-bond acceptors (Lipinski definition) is 5. The van der Waals surface area contributed by atoms with E-state index in [-0.39, 0.29) is 12.3 Å². The van der Waals surface area contributed by atoms with Gasteiger partial charge >= 0.3 is 11.2 Å². The van der Waals surface area contributed by atoms with Crippen LogP contribution in [0.3, 0.4) is 0 Å². The maximum atomic E-state index is 12.2. The van der Waals surface area contributed by atoms with Crippen molar-refractivity contribution in [2.75, 3.05) is 7.11 Å². The molecule has 108 valence electrons. The molecule has 0 spiro atoms. The lowest BCUT2D eigenvalue weighted by Crippen LogP contribution is -2.25. The first kappa shape index (κ1) is 14.4. The maximum absolute atomic E-state index is 12.2. The number of ether oxygens (including phenoxy) is 1. The molecule has 0 aliphatic heterocycles. The van der Waals surface area contributed by atoms with Gasteiger partial charge in [0.2, 0.25) is 0 Å². The van der Waals surface area contributed by atoms with Crippen LogP contribution in [-0.4, -0.2) is 22.4 Å². The standard InChI is InChI=1S/C14H12N2O5/c1-21-13-7-3-2-5-10(13)12(17)9-15-8-4-6-11(14(15)18)16(19)20/h2-8H,9H2,1H3. The molecular weight excluding hydrogens is 276 g/mol. The van der Waals surface area contributed by atoms with Crippen LogP contribution in [0.1, 0.15) is 10.4 Å². The predicted octanol–water partition coefficient (Wildman–Crippen LogP) is 1.65. The first-order chi connectivity index (χ1) is 10.0. The highest BCUT2D eigenvalue weighted by Crippen LogP contribution is 2.18. The van der Waals surface area contributed by atoms with Crippen molar-refractivity contribution in [1.82, 2.24) is 4.57 Å². The van der Waals surface area contributed by atoms with Gasteiger partial charge in [0.25, 0.3) is 0 Å². The Kier molecular flexibility index (Phi) is 4.13. The van der Waals surface area contributed by atoms with E-state index in [1.165, 1.54) is 19.4 Å². The number of carbonyl (C=O) groups is 1. The van der Waals surface area contributed by atoms with Crippen LogP contribution >= 0.6 is 0 Å². The van der Waals surface area contributed by atoms with Crippen molar-refractivity contribution in [1.29, 1.82) is 0 Å². The van der Waals surface area contributed by atoms with Gasteiger partial charge in [-0.2, -0.15) is 0 Å². The average Bonchev–Trinajstić information content (AvgIpc) is 2.48. The number of methoxy groups -OCH3 is 1. The van der Waals surface area contributed by atoms with Gasteiger partial charge in [0, 0.05) is 12.3 Å². The summed E-state index contributed by atoms with van der Waals surface area (Å²) in [5, 5.41) is 10.7. The molecule has 0 N–H and O–H groups in total. The van der Waals surface area contributed by atoms with E-state index in [4.69, 9.17) is 4.74 Å². The van der Waals surface area contributed by atoms with Gasteiger partial charge in [-0.15, -0.1) is 0 Å². The lowest BCUT2D eigenvalue weighted by atomic mass is 10.1. The number of para-hydroxylation sites is 1. The van der Waals surface area contributed by atoms with Gasteiger partial charge in [0.05, 0.1) is 24.1 Å². The van der Waals surface area contributed by atoms with Crippen LogP contribution in [0.4, 0.5) is 5.69 Å². The largest absolute Gasteiger partial charge is 0.496 e. The van der Waals surface area contributed by atoms with E-state index in [0.29, 0.717) is 11.3 Å². The number of benzene rings is 1. The zero-order chi connectivity index (χ0) is 15.4. The van der Waals surface area contributed by atoms with E-state index in [0.717, 1.165) is 10.6 Å². The molecule has 0 bridgehead atoms. The Balaban J connectivity index is 2.35. The van der Waals surface area contributed by atoms with Gasteiger partial charge in [0.15, 0.2) is 5.78 Å². The van der Waals surface area contributed by atoms with Crippen molar-refractivity contribution >= 4 is 11.5 Å². The molecule has 1 aromatic carbocycles. The Morgan fingerprint density at radius 2 is 2.00 bits per heavy atom. The third kappa shape index (κ3) is 2.97. The van der Waals surface area contributed by atoms with E-state index in [9.17, 15) is 19.7 Å². The molecule has 2 aromatic rings. The van der Waals surface area contributed by atoms with E-state index in [1.54, 1.807) is 24.3 Å². The smallest absolute Gasteiger partial charge is 0.334 e. The number of ketones is 1. The number of rotatable bonds is 5. The average molecular weight is 288 g/mol. The van der Waals surface area contributed by atoms with Crippen LogP contribution in [0.5, 0.6) is 5.75 Å². The van der Waals surface area contributed by atoms with Gasteiger partial charge in [0.1, 0.15) is 5.75 Å². The summed E-state index contributed by atoms with van der Waals surface area (Å²) in [5.41, 5.74) is -1.06. The number of nitro groups is 1. The molecule has 2 rings (SSSR count). The quantitative estimate of drug-likeness (QED) is 0.474. The zero-order valence-corrected chi connectivity index (χ0v) is 11.2. The third-order valence-electron chi connectivity index (χ3n) is 2.92. The topological polar surface area (TPSA) is 91.4 Å². The molecule has 0 unspecified atom stereocenters. The predicted molar refractivity (Wildman–Crippen MR) is 74.7 cm³/mol. The van der Waals surface area contributed by atoms with Crippen molar-refractivity contribution in [3.05, 3.63) is 68.6 Å². The summed E-state index contributed by atoms with van der Waals surface area (Å²) in [5.74, 6) is 0.0241. The minimum absolute atomic E-state index is 0.291. The number of pyridine rings is 1. The summed E-state index contributed by atoms with van der Waals surface area (Å²) in [6.45, 7) is -0.291. The molecule has 1 heterocycles. The van der Waals surface area contributed by atoms with Gasteiger partial charge in [-0.05, 0) is 18.2 Å². The lowest BCUT2D eigenvalue weighted by Gasteiger charge is -2.08. The zero-order valence-electron chi connectivity index (χ0n) is 11.2. The Hall–Kier alpha value is -2.96. The highest BCUT2D eigenvalue weighted by atomic mass is 16.6. The second-order valence-corrected chi connectivity index (χ2v) is 4.21. The Morgan fingerprint density at radius 1 is 1.29 bits per heavy atom. The molecule has 0 saturated heterocycles. The minimum Gasteiger partial charge on any atom is -0.496 e. The van der Waals surface area contributed by atoms with Crippen molar-refractivity contribution in [3.63, 3.8) is 0 Å². The molecule has 7 nitrogen and oxygen atoms in total. The van der Waals surface area contributed by atoms with Crippen molar-refractivity contribution in [2.45, 2.75) is 6.54 Å². The summed E-state index contributed by atoms with van der Waals surface area (Å²) in [4.78, 5) is 34.0. The summed E-state index contributed by atoms with van der Waals surface area (Å²) in [6, 6.07) is 9.05. The number of Topliss-reactive ketones (excluding diaryl/α,β-unsaturated/α-hetero) is 1. The molecule has 0 fully saturated rings. The number of hydrogen-bond donors (Lipinski definition) is 0. The fraction of sp³-hybridized carbons (Fsp3) is 0.143. The van der Waals surface area contributed by atoms with Crippen LogP contribution in [0.15, 0.2) is 47.4 Å². The first-order valence-electron chi connectivity index (χ1n) is 6.04. The molecule has 0 aliphatic carbocycles. The second-order valence-electron chi connectivity index (χ2n) is 4.21. The van der Waals surface area contributed by atoms with E-state index in [2.05, 4.69) is 0 Å². The molecular formula is C14H12N2O5. The van der Waals surface area contributed by atoms with Crippen molar-refractivity contribution < 1.29 is 14.5 Å². The number of carbonyl (C=O) groups excluding carboxylic acids is 1. The molecule has 0 saturated carbocycles. The first-order valence-corrected chi connectivity index (χ1v) is 6.04. The second kappa shape index (κ2) is 6.00. The van der Waals surface area contributed by atoms with E-state index in [1.807, 2.05) is 0 Å². The Bertz CT molecular complexity index is 751.